The smallest absolute Gasteiger partial charge is 0.268 e. The van der Waals surface area contributed by atoms with E-state index in [2.05, 4.69) is 4.98 Å². The van der Waals surface area contributed by atoms with Crippen molar-refractivity contribution >= 4 is 28.7 Å². The second kappa shape index (κ2) is 7.75. The van der Waals surface area contributed by atoms with Crippen molar-refractivity contribution in [3.05, 3.63) is 110 Å². The van der Waals surface area contributed by atoms with E-state index in [9.17, 15) is 14.9 Å². The molecule has 0 bridgehead atoms. The summed E-state index contributed by atoms with van der Waals surface area (Å²) in [6.07, 6.45) is 3.43. The maximum Gasteiger partial charge on any atom is 0.270 e. The Balaban J connectivity index is 1.92. The Morgan fingerprint density at radius 2 is 1.73 bits per heavy atom. The second-order valence-electron chi connectivity index (χ2n) is 7.08. The van der Waals surface area contributed by atoms with Gasteiger partial charge in [-0.25, -0.2) is 4.98 Å². The van der Waals surface area contributed by atoms with Crippen molar-refractivity contribution in [3.63, 3.8) is 0 Å². The first-order chi connectivity index (χ1) is 14.4. The van der Waals surface area contributed by atoms with E-state index < -0.39 is 4.92 Å². The van der Waals surface area contributed by atoms with Crippen molar-refractivity contribution in [1.82, 2.24) is 9.55 Å². The molecule has 1 aromatic heterocycles. The minimum atomic E-state index is -0.434. The van der Waals surface area contributed by atoms with Crippen LogP contribution in [0.25, 0.3) is 28.7 Å². The van der Waals surface area contributed by atoms with Gasteiger partial charge in [-0.15, -0.1) is 0 Å². The van der Waals surface area contributed by atoms with Crippen LogP contribution in [0.1, 0.15) is 22.5 Å². The molecule has 3 aromatic carbocycles. The Hall–Kier alpha value is -4.06. The number of para-hydroxylation sites is 1. The van der Waals surface area contributed by atoms with E-state index in [0.29, 0.717) is 22.3 Å². The molecule has 6 heteroatoms. The number of hydrogen-bond donors (Lipinski definition) is 0. The van der Waals surface area contributed by atoms with Crippen LogP contribution in [0.5, 0.6) is 0 Å². The van der Waals surface area contributed by atoms with Gasteiger partial charge in [-0.05, 0) is 60.9 Å². The summed E-state index contributed by atoms with van der Waals surface area (Å²) in [5.41, 5.74) is 4.02. The normalized spacial score (nSPS) is 11.3. The highest BCUT2D eigenvalue weighted by atomic mass is 16.6. The molecule has 1 heterocycles. The summed E-state index contributed by atoms with van der Waals surface area (Å²) < 4.78 is 1.57. The molecule has 0 unspecified atom stereocenters. The molecule has 0 radical (unpaired) electrons. The number of nitrogens with zero attached hydrogens (tertiary/aromatic N) is 3. The lowest BCUT2D eigenvalue weighted by molar-refractivity contribution is -0.384. The quantitative estimate of drug-likeness (QED) is 0.355. The van der Waals surface area contributed by atoms with Gasteiger partial charge in [0.15, 0.2) is 0 Å². The van der Waals surface area contributed by atoms with Gasteiger partial charge in [0.25, 0.3) is 11.2 Å². The topological polar surface area (TPSA) is 78.0 Å². The van der Waals surface area contributed by atoms with E-state index in [-0.39, 0.29) is 11.2 Å². The molecular weight excluding hydrogens is 378 g/mol. The summed E-state index contributed by atoms with van der Waals surface area (Å²) >= 11 is 0. The van der Waals surface area contributed by atoms with E-state index in [1.54, 1.807) is 41.0 Å². The highest BCUT2D eigenvalue weighted by molar-refractivity contribution is 5.80. The Morgan fingerprint density at radius 1 is 0.933 bits per heavy atom. The van der Waals surface area contributed by atoms with Crippen molar-refractivity contribution in [2.75, 3.05) is 0 Å². The molecule has 0 spiro atoms. The molecule has 0 fully saturated rings. The summed E-state index contributed by atoms with van der Waals surface area (Å²) in [6.45, 7) is 4.01. The lowest BCUT2D eigenvalue weighted by atomic mass is 10.1. The van der Waals surface area contributed by atoms with Gasteiger partial charge in [0.05, 0.1) is 21.5 Å². The van der Waals surface area contributed by atoms with Gasteiger partial charge in [0.1, 0.15) is 5.82 Å². The van der Waals surface area contributed by atoms with Crippen molar-refractivity contribution < 1.29 is 4.92 Å². The minimum absolute atomic E-state index is 0.00942. The standard InChI is InChI=1S/C24H19N3O3/c1-16-10-12-19(14-17(16)2)26-23(25-22-9-4-3-8-21(22)24(26)28)13-11-18-6-5-7-20(15-18)27(29)30/h3-15H,1-2H3/b13-11+. The van der Waals surface area contributed by atoms with Crippen LogP contribution in [0.3, 0.4) is 0 Å². The van der Waals surface area contributed by atoms with Crippen LogP contribution in [0.15, 0.2) is 71.5 Å². The summed E-state index contributed by atoms with van der Waals surface area (Å²) in [6, 6.07) is 19.3. The van der Waals surface area contributed by atoms with Crippen LogP contribution in [0.4, 0.5) is 5.69 Å². The van der Waals surface area contributed by atoms with Crippen LogP contribution in [0, 0.1) is 24.0 Å². The molecule has 0 aliphatic rings. The molecule has 0 aliphatic heterocycles. The van der Waals surface area contributed by atoms with Crippen LogP contribution in [-0.4, -0.2) is 14.5 Å². The van der Waals surface area contributed by atoms with Gasteiger partial charge < -0.3 is 0 Å². The maximum atomic E-state index is 13.3. The molecule has 0 amide bonds. The average Bonchev–Trinajstić information content (AvgIpc) is 2.75. The molecule has 0 aliphatic carbocycles. The first-order valence-electron chi connectivity index (χ1n) is 9.46. The summed E-state index contributed by atoms with van der Waals surface area (Å²) in [5, 5.41) is 11.6. The highest BCUT2D eigenvalue weighted by Crippen LogP contribution is 2.19. The fourth-order valence-corrected chi connectivity index (χ4v) is 3.29. The zero-order valence-electron chi connectivity index (χ0n) is 16.6. The van der Waals surface area contributed by atoms with Crippen LogP contribution in [-0.2, 0) is 0 Å². The monoisotopic (exact) mass is 397 g/mol. The number of benzene rings is 3. The first kappa shape index (κ1) is 19.3. The summed E-state index contributed by atoms with van der Waals surface area (Å²) in [7, 11) is 0. The van der Waals surface area contributed by atoms with Gasteiger partial charge in [0.2, 0.25) is 0 Å². The predicted octanol–water partition coefficient (Wildman–Crippen LogP) is 5.08. The molecule has 0 saturated heterocycles. The van der Waals surface area contributed by atoms with Crippen LogP contribution < -0.4 is 5.56 Å². The predicted molar refractivity (Wildman–Crippen MR) is 119 cm³/mol. The number of aryl methyl sites for hydroxylation is 2. The third kappa shape index (κ3) is 3.63. The first-order valence-corrected chi connectivity index (χ1v) is 9.46. The number of aromatic nitrogens is 2. The Kier molecular flexibility index (Phi) is 4.98. The highest BCUT2D eigenvalue weighted by Gasteiger charge is 2.12. The van der Waals surface area contributed by atoms with Gasteiger partial charge in [-0.2, -0.15) is 0 Å². The number of nitro groups is 1. The summed E-state index contributed by atoms with van der Waals surface area (Å²) in [5.74, 6) is 0.452. The van der Waals surface area contributed by atoms with Crippen molar-refractivity contribution in [1.29, 1.82) is 0 Å². The molecular formula is C24H19N3O3. The molecule has 4 rings (SSSR count). The van der Waals surface area contributed by atoms with E-state index in [1.807, 2.05) is 44.2 Å². The second-order valence-corrected chi connectivity index (χ2v) is 7.08. The third-order valence-corrected chi connectivity index (χ3v) is 5.06. The minimum Gasteiger partial charge on any atom is -0.268 e. The van der Waals surface area contributed by atoms with Gasteiger partial charge >= 0.3 is 0 Å². The molecule has 148 valence electrons. The van der Waals surface area contributed by atoms with Crippen LogP contribution >= 0.6 is 0 Å². The van der Waals surface area contributed by atoms with E-state index in [0.717, 1.165) is 16.8 Å². The summed E-state index contributed by atoms with van der Waals surface area (Å²) in [4.78, 5) is 28.6. The Morgan fingerprint density at radius 3 is 2.50 bits per heavy atom. The van der Waals surface area contributed by atoms with Gasteiger partial charge in [0, 0.05) is 12.1 Å². The van der Waals surface area contributed by atoms with E-state index in [4.69, 9.17) is 0 Å². The lowest BCUT2D eigenvalue weighted by Gasteiger charge is -2.13. The number of rotatable bonds is 4. The zero-order chi connectivity index (χ0) is 21.3. The average molecular weight is 397 g/mol. The van der Waals surface area contributed by atoms with E-state index in [1.165, 1.54) is 12.1 Å². The fourth-order valence-electron chi connectivity index (χ4n) is 3.29. The fraction of sp³-hybridized carbons (Fsp3) is 0.0833. The van der Waals surface area contributed by atoms with Crippen LogP contribution in [0.2, 0.25) is 0 Å². The lowest BCUT2D eigenvalue weighted by Crippen LogP contribution is -2.22. The molecule has 6 nitrogen and oxygen atoms in total. The number of hydrogen-bond acceptors (Lipinski definition) is 4. The van der Waals surface area contributed by atoms with Crippen molar-refractivity contribution in [2.24, 2.45) is 0 Å². The number of non-ortho nitro benzene ring substituents is 1. The largest absolute Gasteiger partial charge is 0.270 e. The van der Waals surface area contributed by atoms with Crippen molar-refractivity contribution in [3.8, 4) is 5.69 Å². The van der Waals surface area contributed by atoms with E-state index >= 15 is 0 Å². The van der Waals surface area contributed by atoms with Crippen molar-refractivity contribution in [2.45, 2.75) is 13.8 Å². The molecule has 0 atom stereocenters. The maximum absolute atomic E-state index is 13.3. The molecule has 0 saturated carbocycles. The zero-order valence-corrected chi connectivity index (χ0v) is 16.6. The van der Waals surface area contributed by atoms with Gasteiger partial charge in [-0.3, -0.25) is 19.5 Å². The Labute approximate surface area is 172 Å². The number of nitro benzene ring substituents is 1. The molecule has 4 aromatic rings. The molecule has 30 heavy (non-hydrogen) atoms. The number of fused-ring (bicyclic) bond motifs is 1. The Bertz CT molecular complexity index is 1370. The third-order valence-electron chi connectivity index (χ3n) is 5.06. The molecule has 0 N–H and O–H groups in total. The van der Waals surface area contributed by atoms with Gasteiger partial charge in [-0.1, -0.05) is 36.4 Å². The SMILES string of the molecule is Cc1ccc(-n2c(/C=C/c3cccc([N+](=O)[O-])c3)nc3ccccc3c2=O)cc1C.